The first kappa shape index (κ1) is 57.0. The number of fused-ring (bicyclic) bond motifs is 5. The number of benzene rings is 2. The molecule has 5 aliphatic rings. The van der Waals surface area contributed by atoms with Crippen LogP contribution in [0.15, 0.2) is 58.5 Å². The largest absolute Gasteiger partial charge is 1.00 e. The Morgan fingerprint density at radius 3 is 1.97 bits per heavy atom. The second-order valence-corrected chi connectivity index (χ2v) is 19.7. The molecule has 3 saturated carbocycles. The van der Waals surface area contributed by atoms with Crippen LogP contribution in [-0.2, 0) is 14.2 Å². The molecule has 0 aromatic heterocycles. The summed E-state index contributed by atoms with van der Waals surface area (Å²) in [5, 5.41) is 48.9. The molecule has 9 atom stereocenters. The molecular weight excluding hydrogens is 855 g/mol. The molecule has 16 nitrogen and oxygen atoms in total. The van der Waals surface area contributed by atoms with Gasteiger partial charge in [-0.1, -0.05) is 77.7 Å². The number of nitrogens with one attached hydrogen (secondary N) is 2. The average Bonchev–Trinajstić information content (AvgIpc) is 4.06. The third kappa shape index (κ3) is 12.9. The fraction of sp³-hybridized carbons (Fsp3) is 0.612. The fourth-order valence-corrected chi connectivity index (χ4v) is 12.1. The van der Waals surface area contributed by atoms with Gasteiger partial charge in [0.2, 0.25) is 0 Å². The first-order valence-electron chi connectivity index (χ1n) is 23.3. The smallest absolute Gasteiger partial charge is 0.545 e. The van der Waals surface area contributed by atoms with Gasteiger partial charge < -0.3 is 54.5 Å². The van der Waals surface area contributed by atoms with Gasteiger partial charge in [0, 0.05) is 47.3 Å². The van der Waals surface area contributed by atoms with Gasteiger partial charge in [0.25, 0.3) is 5.91 Å². The van der Waals surface area contributed by atoms with Gasteiger partial charge in [-0.3, -0.25) is 4.79 Å². The van der Waals surface area contributed by atoms with Gasteiger partial charge in [0.1, 0.15) is 6.10 Å². The molecule has 1 unspecified atom stereocenters. The molecule has 7 rings (SSSR count). The van der Waals surface area contributed by atoms with Crippen molar-refractivity contribution in [3.05, 3.63) is 75.9 Å². The minimum absolute atomic E-state index is 0. The normalized spacial score (nSPS) is 26.2. The fourth-order valence-electron chi connectivity index (χ4n) is 12.1. The van der Waals surface area contributed by atoms with E-state index in [0.29, 0.717) is 34.7 Å². The van der Waals surface area contributed by atoms with Crippen molar-refractivity contribution in [2.45, 2.75) is 118 Å². The van der Waals surface area contributed by atoms with Crippen molar-refractivity contribution >= 4 is 35.6 Å². The maximum Gasteiger partial charge on any atom is 1.00 e. The number of carboxylic acids is 3. The molecule has 19 heteroatoms. The Labute approximate surface area is 435 Å². The van der Waals surface area contributed by atoms with E-state index in [1.54, 1.807) is 24.3 Å². The Bertz CT molecular complexity index is 2190. The monoisotopic (exact) mass is 917 g/mol. The Morgan fingerprint density at radius 1 is 0.765 bits per heavy atom. The molecule has 4 aliphatic carbocycles. The molecule has 1 heterocycles. The number of ether oxygens (including phenoxy) is 3. The number of rotatable bonds is 20. The van der Waals surface area contributed by atoms with Crippen molar-refractivity contribution in [2.75, 3.05) is 31.4 Å². The average molecular weight is 918 g/mol. The van der Waals surface area contributed by atoms with Crippen LogP contribution in [0.5, 0.6) is 0 Å². The Morgan fingerprint density at radius 2 is 1.37 bits per heavy atom. The van der Waals surface area contributed by atoms with Crippen LogP contribution < -0.4 is 87.7 Å². The Balaban J connectivity index is 0.00000336. The molecule has 1 aliphatic heterocycles. The predicted molar refractivity (Wildman–Crippen MR) is 232 cm³/mol. The van der Waals surface area contributed by atoms with Gasteiger partial charge in [-0.25, -0.2) is 4.79 Å². The van der Waals surface area contributed by atoms with Crippen molar-refractivity contribution in [3.8, 4) is 0 Å². The van der Waals surface area contributed by atoms with E-state index in [9.17, 15) is 39.3 Å². The van der Waals surface area contributed by atoms with E-state index in [4.69, 9.17) is 14.2 Å². The summed E-state index contributed by atoms with van der Waals surface area (Å²) in [5.74, 6) is -2.30. The second-order valence-electron chi connectivity index (χ2n) is 19.7. The van der Waals surface area contributed by atoms with Gasteiger partial charge in [0.15, 0.2) is 6.29 Å². The van der Waals surface area contributed by atoms with Crippen molar-refractivity contribution in [1.82, 2.24) is 10.6 Å². The predicted octanol–water partition coefficient (Wildman–Crippen LogP) is -3.51. The molecule has 0 radical (unpaired) electrons. The summed E-state index contributed by atoms with van der Waals surface area (Å²) in [6, 6.07) is 8.05. The van der Waals surface area contributed by atoms with Gasteiger partial charge in [-0.15, -0.1) is 5.12 Å². The number of hydrogen-bond donors (Lipinski definition) is 2. The van der Waals surface area contributed by atoms with Crippen LogP contribution in [-0.4, -0.2) is 62.3 Å². The van der Waals surface area contributed by atoms with Crippen LogP contribution in [0.25, 0.3) is 0 Å². The molecule has 352 valence electrons. The SMILES string of the molecule is CC(C)CCC[C@@H](C)[C@H]1CC[C@H]2[C@@H]3CC=C4C[C@@H](OC(=O)NCCOC(OCCNC(=O)c5cc(C(=O)[O-])c(C(=O)[O-])cc5C(=O)[O-])c5ccc(N6N=N6)cc5)CC[C@]4(C)[C@H]3CC[C@]12C.[Li+].[Li+].[Li+]. The summed E-state index contributed by atoms with van der Waals surface area (Å²) >= 11 is 0. The first-order chi connectivity index (χ1) is 31.0. The molecule has 68 heavy (non-hydrogen) atoms. The van der Waals surface area contributed by atoms with Gasteiger partial charge >= 0.3 is 62.7 Å². The number of hydrogen-bond acceptors (Lipinski definition) is 14. The molecule has 2 aromatic rings. The summed E-state index contributed by atoms with van der Waals surface area (Å²) in [6.07, 6.45) is 13.8. The molecule has 0 saturated heterocycles. The van der Waals surface area contributed by atoms with Gasteiger partial charge in [-0.2, -0.15) is 0 Å². The Kier molecular flexibility index (Phi) is 20.6. The van der Waals surface area contributed by atoms with Crippen LogP contribution in [0.1, 0.15) is 159 Å². The van der Waals surface area contributed by atoms with E-state index in [-0.39, 0.29) is 94.4 Å². The van der Waals surface area contributed by atoms with Crippen LogP contribution in [0, 0.1) is 46.3 Å². The number of carboxylic acid groups (broad SMARTS) is 3. The molecule has 0 spiro atoms. The summed E-state index contributed by atoms with van der Waals surface area (Å²) in [6.45, 7) is 12.1. The van der Waals surface area contributed by atoms with Gasteiger partial charge in [-0.05, 0) is 126 Å². The minimum Gasteiger partial charge on any atom is -0.545 e. The molecular formula is C49H62Li3N5O11. The molecule has 0 bridgehead atoms. The molecule has 2 amide bonds. The van der Waals surface area contributed by atoms with Crippen LogP contribution in [0.3, 0.4) is 0 Å². The maximum atomic E-state index is 13.1. The zero-order chi connectivity index (χ0) is 46.6. The van der Waals surface area contributed by atoms with E-state index in [1.807, 2.05) is 0 Å². The van der Waals surface area contributed by atoms with Gasteiger partial charge in [0.05, 0.1) is 36.8 Å². The quantitative estimate of drug-likeness (QED) is 0.0570. The molecule has 2 aromatic carbocycles. The zero-order valence-corrected chi connectivity index (χ0v) is 41.1. The van der Waals surface area contributed by atoms with E-state index in [0.717, 1.165) is 55.3 Å². The van der Waals surface area contributed by atoms with Crippen molar-refractivity contribution in [3.63, 3.8) is 0 Å². The minimum atomic E-state index is -1.97. The number of carbonyl (C=O) groups is 5. The summed E-state index contributed by atoms with van der Waals surface area (Å²) < 4.78 is 17.9. The third-order valence-electron chi connectivity index (χ3n) is 15.5. The number of anilines is 1. The van der Waals surface area contributed by atoms with Crippen molar-refractivity contribution in [1.29, 1.82) is 0 Å². The second kappa shape index (κ2) is 24.5. The van der Waals surface area contributed by atoms with Crippen molar-refractivity contribution in [2.24, 2.45) is 56.8 Å². The van der Waals surface area contributed by atoms with E-state index >= 15 is 0 Å². The number of carbonyl (C=O) groups excluding carboxylic acids is 5. The number of amides is 2. The number of aromatic carboxylic acids is 3. The first-order valence-corrected chi connectivity index (χ1v) is 23.3. The van der Waals surface area contributed by atoms with Crippen LogP contribution in [0.4, 0.5) is 10.5 Å². The summed E-state index contributed by atoms with van der Waals surface area (Å²) in [4.78, 5) is 60.8. The van der Waals surface area contributed by atoms with Crippen LogP contribution in [0.2, 0.25) is 0 Å². The zero-order valence-electron chi connectivity index (χ0n) is 41.1. The van der Waals surface area contributed by atoms with E-state index in [1.165, 1.54) is 55.6 Å². The van der Waals surface area contributed by atoms with Crippen molar-refractivity contribution < 1.29 is 110 Å². The topological polar surface area (TPSA) is 234 Å². The number of nitrogens with zero attached hydrogens (tertiary/aromatic N) is 3. The standard InChI is InChI=1S/C49H65N5O11.3Li/c1-28(2)7-6-8-29(3)39-15-16-40-34-14-11-31-25-33(17-19-48(31,4)41(34)18-20-49(39,40)5)65-47(62)51-22-24-64-46(30-9-12-32(13-10-30)54-52-53-54)63-23-21-50-42(55)35-26-37(44(58)59)38(45(60)61)27-36(35)43(56)57;;;/h9-13,26-29,33-34,39-41,46H,6-8,14-25H2,1-5H3,(H,50,55)(H,51,62)(H,56,57)(H,58,59)(H,60,61);;;/q;3*+1/p-3/t29-,33+,34+,39-,40+,41+,46?,48+,49-;;;/m1.../s1. The van der Waals surface area contributed by atoms with E-state index in [2.05, 4.69) is 61.8 Å². The molecule has 2 N–H and O–H groups in total. The number of alkyl carbamates (subject to hydrolysis) is 1. The third-order valence-corrected chi connectivity index (χ3v) is 15.5. The van der Waals surface area contributed by atoms with E-state index < -0.39 is 58.5 Å². The number of allylic oxidation sites excluding steroid dienone is 1. The maximum absolute atomic E-state index is 13.1. The summed E-state index contributed by atoms with van der Waals surface area (Å²) in [7, 11) is 0. The van der Waals surface area contributed by atoms with Crippen LogP contribution >= 0.6 is 0 Å². The summed E-state index contributed by atoms with van der Waals surface area (Å²) in [5.41, 5.74) is -0.0934. The Hall–Kier alpha value is -3.56. The molecule has 3 fully saturated rings.